The smallest absolute Gasteiger partial charge is 0.0795 e. The topological polar surface area (TPSA) is 36.4 Å². The molecule has 1 aromatic carbocycles. The van der Waals surface area contributed by atoms with E-state index in [-0.39, 0.29) is 0 Å². The lowest BCUT2D eigenvalue weighted by atomic mass is 10.1. The van der Waals surface area contributed by atoms with E-state index < -0.39 is 6.10 Å². The number of aliphatic hydroxyl groups excluding tert-OH is 1. The molecule has 2 aromatic rings. The normalized spacial score (nSPS) is 12.4. The van der Waals surface area contributed by atoms with Crippen LogP contribution in [0.15, 0.2) is 33.6 Å². The van der Waals surface area contributed by atoms with E-state index in [0.717, 1.165) is 28.0 Å². The molecule has 0 aliphatic rings. The van der Waals surface area contributed by atoms with Gasteiger partial charge >= 0.3 is 0 Å². The highest BCUT2D eigenvalue weighted by Gasteiger charge is 2.10. The first kappa shape index (κ1) is 13.5. The van der Waals surface area contributed by atoms with Crippen LogP contribution in [0.1, 0.15) is 24.3 Å². The van der Waals surface area contributed by atoms with E-state index in [0.29, 0.717) is 0 Å². The van der Waals surface area contributed by atoms with Crippen molar-refractivity contribution in [3.05, 3.63) is 44.8 Å². The molecule has 0 saturated heterocycles. The van der Waals surface area contributed by atoms with E-state index >= 15 is 0 Å². The van der Waals surface area contributed by atoms with Crippen molar-refractivity contribution in [1.29, 1.82) is 0 Å². The van der Waals surface area contributed by atoms with Crippen LogP contribution >= 0.6 is 27.3 Å². The first-order valence-electron chi connectivity index (χ1n) is 5.63. The van der Waals surface area contributed by atoms with Crippen molar-refractivity contribution in [3.63, 3.8) is 0 Å². The van der Waals surface area contributed by atoms with Gasteiger partial charge in [0.25, 0.3) is 0 Å². The van der Waals surface area contributed by atoms with Crippen molar-refractivity contribution in [2.75, 3.05) is 11.9 Å². The number of hydrogen-bond acceptors (Lipinski definition) is 4. The molecule has 1 heterocycles. The molecule has 3 nitrogen and oxygen atoms in total. The third-order valence-corrected chi connectivity index (χ3v) is 4.02. The highest BCUT2D eigenvalue weighted by atomic mass is 79.9. The second-order valence-corrected chi connectivity index (χ2v) is 5.80. The summed E-state index contributed by atoms with van der Waals surface area (Å²) in [5.74, 6) is 0. The number of aromatic nitrogens is 1. The van der Waals surface area contributed by atoms with Crippen LogP contribution in [0.4, 0.5) is 5.69 Å². The molecule has 18 heavy (non-hydrogen) atoms. The first-order chi connectivity index (χ1) is 8.58. The molecule has 5 heteroatoms. The predicted molar refractivity (Wildman–Crippen MR) is 79.0 cm³/mol. The Labute approximate surface area is 119 Å². The van der Waals surface area contributed by atoms with Crippen molar-refractivity contribution < 1.29 is 5.11 Å². The number of nitrogens with zero attached hydrogens (tertiary/aromatic N) is 2. The Hall–Kier alpha value is -0.910. The summed E-state index contributed by atoms with van der Waals surface area (Å²) in [4.78, 5) is 6.41. The highest BCUT2D eigenvalue weighted by Crippen LogP contribution is 2.29. The lowest BCUT2D eigenvalue weighted by Gasteiger charge is -2.20. The van der Waals surface area contributed by atoms with Crippen LogP contribution in [-0.4, -0.2) is 17.1 Å². The number of rotatable bonds is 4. The van der Waals surface area contributed by atoms with Crippen molar-refractivity contribution in [3.8, 4) is 0 Å². The molecule has 1 atom stereocenters. The van der Waals surface area contributed by atoms with Gasteiger partial charge in [0.05, 0.1) is 29.5 Å². The van der Waals surface area contributed by atoms with Gasteiger partial charge in [-0.05, 0) is 40.5 Å². The van der Waals surface area contributed by atoms with E-state index in [2.05, 4.69) is 31.2 Å². The summed E-state index contributed by atoms with van der Waals surface area (Å²) in [6.45, 7) is 2.54. The largest absolute Gasteiger partial charge is 0.389 e. The molecule has 2 rings (SSSR count). The second kappa shape index (κ2) is 5.82. The number of aliphatic hydroxyl groups is 1. The molecule has 96 valence electrons. The van der Waals surface area contributed by atoms with E-state index in [9.17, 15) is 5.11 Å². The molecule has 0 spiro atoms. The molecule has 0 aliphatic heterocycles. The molecule has 0 bridgehead atoms. The minimum absolute atomic E-state index is 0.445. The number of anilines is 1. The maximum Gasteiger partial charge on any atom is 0.0795 e. The molecular formula is C13H15BrN2OS. The molecule has 1 N–H and O–H groups in total. The maximum absolute atomic E-state index is 9.54. The van der Waals surface area contributed by atoms with Gasteiger partial charge in [-0.2, -0.15) is 0 Å². The third-order valence-electron chi connectivity index (χ3n) is 2.75. The fourth-order valence-electron chi connectivity index (χ4n) is 1.74. The highest BCUT2D eigenvalue weighted by molar-refractivity contribution is 9.10. The SMILES string of the molecule is CC(O)c1ccc(N(C)Cc2cscn2)c(Br)c1. The van der Waals surface area contributed by atoms with Crippen LogP contribution in [0.3, 0.4) is 0 Å². The van der Waals surface area contributed by atoms with E-state index in [1.54, 1.807) is 18.3 Å². The van der Waals surface area contributed by atoms with Crippen molar-refractivity contribution in [2.45, 2.75) is 19.6 Å². The average Bonchev–Trinajstić information content (AvgIpc) is 2.81. The lowest BCUT2D eigenvalue weighted by molar-refractivity contribution is 0.199. The van der Waals surface area contributed by atoms with Gasteiger partial charge in [-0.25, -0.2) is 4.98 Å². The molecular weight excluding hydrogens is 312 g/mol. The molecule has 0 amide bonds. The van der Waals surface area contributed by atoms with Gasteiger partial charge in [0.1, 0.15) is 0 Å². The standard InChI is InChI=1S/C13H15BrN2OS/c1-9(17)10-3-4-13(12(14)5-10)16(2)6-11-7-18-8-15-11/h3-5,7-9,17H,6H2,1-2H3. The van der Waals surface area contributed by atoms with Crippen LogP contribution < -0.4 is 4.90 Å². The molecule has 0 fully saturated rings. The second-order valence-electron chi connectivity index (χ2n) is 4.22. The molecule has 1 unspecified atom stereocenters. The van der Waals surface area contributed by atoms with Crippen LogP contribution in [0, 0.1) is 0 Å². The van der Waals surface area contributed by atoms with Crippen molar-refractivity contribution >= 4 is 33.0 Å². The zero-order chi connectivity index (χ0) is 13.1. The summed E-state index contributed by atoms with van der Waals surface area (Å²) in [5.41, 5.74) is 4.91. The number of halogens is 1. The van der Waals surface area contributed by atoms with Crippen LogP contribution in [0.5, 0.6) is 0 Å². The predicted octanol–water partition coefficient (Wildman–Crippen LogP) is 3.60. The Balaban J connectivity index is 2.17. The molecule has 0 radical (unpaired) electrons. The number of hydrogen-bond donors (Lipinski definition) is 1. The van der Waals surface area contributed by atoms with Crippen LogP contribution in [-0.2, 0) is 6.54 Å². The Morgan fingerprint density at radius 1 is 1.50 bits per heavy atom. The van der Waals surface area contributed by atoms with E-state index in [4.69, 9.17) is 0 Å². The zero-order valence-electron chi connectivity index (χ0n) is 10.3. The fourth-order valence-corrected chi connectivity index (χ4v) is 2.99. The van der Waals surface area contributed by atoms with Gasteiger partial charge < -0.3 is 10.0 Å². The Bertz CT molecular complexity index is 514. The Morgan fingerprint density at radius 3 is 2.83 bits per heavy atom. The van der Waals surface area contributed by atoms with E-state index in [1.807, 2.05) is 30.8 Å². The maximum atomic E-state index is 9.54. The van der Waals surface area contributed by atoms with Crippen molar-refractivity contribution in [1.82, 2.24) is 4.98 Å². The summed E-state index contributed by atoms with van der Waals surface area (Å²) in [6, 6.07) is 5.92. The van der Waals surface area contributed by atoms with Crippen LogP contribution in [0.2, 0.25) is 0 Å². The summed E-state index contributed by atoms with van der Waals surface area (Å²) >= 11 is 5.15. The summed E-state index contributed by atoms with van der Waals surface area (Å²) in [7, 11) is 2.03. The van der Waals surface area contributed by atoms with Gasteiger partial charge in [0.2, 0.25) is 0 Å². The summed E-state index contributed by atoms with van der Waals surface area (Å²) in [6.07, 6.45) is -0.445. The van der Waals surface area contributed by atoms with Gasteiger partial charge in [0, 0.05) is 16.9 Å². The minimum Gasteiger partial charge on any atom is -0.389 e. The van der Waals surface area contributed by atoms with Crippen LogP contribution in [0.25, 0.3) is 0 Å². The molecule has 1 aromatic heterocycles. The quantitative estimate of drug-likeness (QED) is 0.932. The molecule has 0 saturated carbocycles. The number of benzene rings is 1. The number of thiazole rings is 1. The first-order valence-corrected chi connectivity index (χ1v) is 7.37. The monoisotopic (exact) mass is 326 g/mol. The molecule has 0 aliphatic carbocycles. The Morgan fingerprint density at radius 2 is 2.28 bits per heavy atom. The minimum atomic E-state index is -0.445. The van der Waals surface area contributed by atoms with Crippen molar-refractivity contribution in [2.24, 2.45) is 0 Å². The van der Waals surface area contributed by atoms with Gasteiger partial charge in [-0.1, -0.05) is 6.07 Å². The zero-order valence-corrected chi connectivity index (χ0v) is 12.7. The summed E-state index contributed by atoms with van der Waals surface area (Å²) < 4.78 is 0.985. The fraction of sp³-hybridized carbons (Fsp3) is 0.308. The lowest BCUT2D eigenvalue weighted by Crippen LogP contribution is -2.17. The Kier molecular flexibility index (Phi) is 4.37. The van der Waals surface area contributed by atoms with E-state index in [1.165, 1.54) is 0 Å². The van der Waals surface area contributed by atoms with Gasteiger partial charge in [-0.3, -0.25) is 0 Å². The van der Waals surface area contributed by atoms with Gasteiger partial charge in [0.15, 0.2) is 0 Å². The summed E-state index contributed by atoms with van der Waals surface area (Å²) in [5, 5.41) is 11.6. The third kappa shape index (κ3) is 3.10. The van der Waals surface area contributed by atoms with Gasteiger partial charge in [-0.15, -0.1) is 11.3 Å². The average molecular weight is 327 g/mol.